The molecule has 0 saturated heterocycles. The summed E-state index contributed by atoms with van der Waals surface area (Å²) in [6, 6.07) is 3.43. The van der Waals surface area contributed by atoms with Gasteiger partial charge >= 0.3 is 0 Å². The predicted octanol–water partition coefficient (Wildman–Crippen LogP) is -0.275. The summed E-state index contributed by atoms with van der Waals surface area (Å²) < 4.78 is 0. The number of amides is 1. The molecule has 5 N–H and O–H groups in total. The largest absolute Gasteiger partial charge is 0.366 e. The Labute approximate surface area is 88.1 Å². The molecular weight excluding hydrogens is 194 g/mol. The van der Waals surface area contributed by atoms with Crippen molar-refractivity contribution in [3.63, 3.8) is 0 Å². The predicted molar refractivity (Wildman–Crippen MR) is 57.3 cm³/mol. The van der Waals surface area contributed by atoms with Gasteiger partial charge in [-0.25, -0.2) is 0 Å². The van der Waals surface area contributed by atoms with E-state index in [0.717, 1.165) is 6.42 Å². The van der Waals surface area contributed by atoms with Crippen LogP contribution in [0.15, 0.2) is 12.1 Å². The quantitative estimate of drug-likeness (QED) is 0.618. The van der Waals surface area contributed by atoms with Gasteiger partial charge in [0.1, 0.15) is 5.82 Å². The monoisotopic (exact) mass is 209 g/mol. The van der Waals surface area contributed by atoms with Crippen molar-refractivity contribution in [1.29, 1.82) is 0 Å². The second-order valence-corrected chi connectivity index (χ2v) is 3.29. The number of anilines is 1. The highest BCUT2D eigenvalue weighted by Crippen LogP contribution is 2.04. The Balaban J connectivity index is 2.60. The third kappa shape index (κ3) is 3.51. The first kappa shape index (κ1) is 11.4. The minimum atomic E-state index is -0.580. The lowest BCUT2D eigenvalue weighted by Gasteiger charge is -2.12. The van der Waals surface area contributed by atoms with Crippen LogP contribution in [0.25, 0.3) is 0 Å². The lowest BCUT2D eigenvalue weighted by Crippen LogP contribution is -2.21. The maximum Gasteiger partial charge on any atom is 0.269 e. The van der Waals surface area contributed by atoms with Crippen molar-refractivity contribution in [2.75, 3.05) is 11.9 Å². The molecule has 1 amide bonds. The average molecular weight is 209 g/mol. The van der Waals surface area contributed by atoms with Gasteiger partial charge in [-0.05, 0) is 32.0 Å². The van der Waals surface area contributed by atoms with Crippen LogP contribution in [0, 0.1) is 0 Å². The normalized spacial score (nSPS) is 12.1. The van der Waals surface area contributed by atoms with E-state index in [4.69, 9.17) is 11.5 Å². The first-order chi connectivity index (χ1) is 7.13. The molecule has 1 aromatic heterocycles. The first-order valence-corrected chi connectivity index (χ1v) is 4.73. The molecule has 0 radical (unpaired) electrons. The van der Waals surface area contributed by atoms with Gasteiger partial charge in [-0.3, -0.25) is 4.79 Å². The van der Waals surface area contributed by atoms with E-state index in [9.17, 15) is 4.79 Å². The highest BCUT2D eigenvalue weighted by molar-refractivity contribution is 5.90. The van der Waals surface area contributed by atoms with Crippen molar-refractivity contribution in [2.45, 2.75) is 19.4 Å². The number of aromatic nitrogens is 2. The second kappa shape index (κ2) is 5.26. The highest BCUT2D eigenvalue weighted by atomic mass is 16.1. The zero-order valence-corrected chi connectivity index (χ0v) is 8.60. The zero-order valence-electron chi connectivity index (χ0n) is 8.60. The smallest absolute Gasteiger partial charge is 0.269 e. The standard InChI is InChI=1S/C9H15N5O/c1-6(4-5-10)12-8-3-2-7(9(11)15)13-14-8/h2-3,6H,4-5,10H2,1H3,(H2,11,15)(H,12,14). The Morgan fingerprint density at radius 3 is 2.73 bits per heavy atom. The summed E-state index contributed by atoms with van der Waals surface area (Å²) in [5.41, 5.74) is 10.6. The topological polar surface area (TPSA) is 107 Å². The second-order valence-electron chi connectivity index (χ2n) is 3.29. The molecule has 1 unspecified atom stereocenters. The van der Waals surface area contributed by atoms with Crippen LogP contribution in [0.5, 0.6) is 0 Å². The van der Waals surface area contributed by atoms with Crippen LogP contribution >= 0.6 is 0 Å². The van der Waals surface area contributed by atoms with E-state index < -0.39 is 5.91 Å². The molecule has 0 spiro atoms. The molecule has 82 valence electrons. The lowest BCUT2D eigenvalue weighted by atomic mass is 10.2. The Morgan fingerprint density at radius 1 is 1.53 bits per heavy atom. The van der Waals surface area contributed by atoms with Crippen molar-refractivity contribution in [2.24, 2.45) is 11.5 Å². The minimum absolute atomic E-state index is 0.159. The van der Waals surface area contributed by atoms with Crippen LogP contribution in [0.2, 0.25) is 0 Å². The Bertz CT molecular complexity index is 324. The molecule has 0 aliphatic carbocycles. The summed E-state index contributed by atoms with van der Waals surface area (Å²) in [5, 5.41) is 10.6. The summed E-state index contributed by atoms with van der Waals surface area (Å²) in [6.45, 7) is 2.61. The molecule has 0 aliphatic rings. The summed E-state index contributed by atoms with van der Waals surface area (Å²) in [7, 11) is 0. The average Bonchev–Trinajstić information content (AvgIpc) is 2.18. The number of rotatable bonds is 5. The lowest BCUT2D eigenvalue weighted by molar-refractivity contribution is 0.0994. The summed E-state index contributed by atoms with van der Waals surface area (Å²) in [4.78, 5) is 10.7. The molecule has 6 heteroatoms. The highest BCUT2D eigenvalue weighted by Gasteiger charge is 2.05. The van der Waals surface area contributed by atoms with Gasteiger partial charge < -0.3 is 16.8 Å². The van der Waals surface area contributed by atoms with E-state index >= 15 is 0 Å². The summed E-state index contributed by atoms with van der Waals surface area (Å²) >= 11 is 0. The van der Waals surface area contributed by atoms with Gasteiger partial charge in [-0.2, -0.15) is 0 Å². The Hall–Kier alpha value is -1.69. The van der Waals surface area contributed by atoms with Crippen molar-refractivity contribution >= 4 is 11.7 Å². The van der Waals surface area contributed by atoms with E-state index in [-0.39, 0.29) is 11.7 Å². The van der Waals surface area contributed by atoms with Gasteiger partial charge in [0.15, 0.2) is 5.69 Å². The van der Waals surface area contributed by atoms with Crippen LogP contribution in [-0.2, 0) is 0 Å². The van der Waals surface area contributed by atoms with Crippen LogP contribution in [0.3, 0.4) is 0 Å². The number of nitrogens with two attached hydrogens (primary N) is 2. The van der Waals surface area contributed by atoms with E-state index in [1.807, 2.05) is 6.92 Å². The molecule has 1 heterocycles. The number of primary amides is 1. The summed E-state index contributed by atoms with van der Waals surface area (Å²) in [5.74, 6) is 0.0324. The number of carbonyl (C=O) groups excluding carboxylic acids is 1. The van der Waals surface area contributed by atoms with Crippen molar-refractivity contribution < 1.29 is 4.79 Å². The molecule has 6 nitrogen and oxygen atoms in total. The van der Waals surface area contributed by atoms with Crippen LogP contribution in [0.4, 0.5) is 5.82 Å². The number of carbonyl (C=O) groups is 1. The third-order valence-electron chi connectivity index (χ3n) is 1.91. The number of nitrogens with zero attached hydrogens (tertiary/aromatic N) is 2. The molecule has 0 bridgehead atoms. The molecule has 1 atom stereocenters. The van der Waals surface area contributed by atoms with E-state index in [1.54, 1.807) is 6.07 Å². The maximum absolute atomic E-state index is 10.7. The number of hydrogen-bond acceptors (Lipinski definition) is 5. The Kier molecular flexibility index (Phi) is 3.99. The van der Waals surface area contributed by atoms with E-state index in [0.29, 0.717) is 12.4 Å². The fourth-order valence-corrected chi connectivity index (χ4v) is 1.12. The van der Waals surface area contributed by atoms with Crippen LogP contribution in [0.1, 0.15) is 23.8 Å². The molecule has 0 aliphatic heterocycles. The Morgan fingerprint density at radius 2 is 2.27 bits per heavy atom. The minimum Gasteiger partial charge on any atom is -0.366 e. The molecule has 1 aromatic rings. The van der Waals surface area contributed by atoms with Gasteiger partial charge in [-0.1, -0.05) is 0 Å². The zero-order chi connectivity index (χ0) is 11.3. The van der Waals surface area contributed by atoms with Crippen molar-refractivity contribution in [3.8, 4) is 0 Å². The van der Waals surface area contributed by atoms with Crippen LogP contribution < -0.4 is 16.8 Å². The van der Waals surface area contributed by atoms with Gasteiger partial charge in [0.25, 0.3) is 5.91 Å². The van der Waals surface area contributed by atoms with Crippen molar-refractivity contribution in [1.82, 2.24) is 10.2 Å². The van der Waals surface area contributed by atoms with Crippen LogP contribution in [-0.4, -0.2) is 28.7 Å². The molecule has 0 fully saturated rings. The molecule has 0 saturated carbocycles. The molecule has 1 rings (SSSR count). The summed E-state index contributed by atoms with van der Waals surface area (Å²) in [6.07, 6.45) is 0.846. The number of hydrogen-bond donors (Lipinski definition) is 3. The molecule has 0 aromatic carbocycles. The van der Waals surface area contributed by atoms with E-state index in [1.165, 1.54) is 6.07 Å². The maximum atomic E-state index is 10.7. The van der Waals surface area contributed by atoms with Gasteiger partial charge in [0.2, 0.25) is 0 Å². The third-order valence-corrected chi connectivity index (χ3v) is 1.91. The van der Waals surface area contributed by atoms with Crippen molar-refractivity contribution in [3.05, 3.63) is 17.8 Å². The first-order valence-electron chi connectivity index (χ1n) is 4.73. The van der Waals surface area contributed by atoms with Gasteiger partial charge in [0, 0.05) is 6.04 Å². The van der Waals surface area contributed by atoms with E-state index in [2.05, 4.69) is 15.5 Å². The number of nitrogens with one attached hydrogen (secondary N) is 1. The van der Waals surface area contributed by atoms with Gasteiger partial charge in [-0.15, -0.1) is 10.2 Å². The fraction of sp³-hybridized carbons (Fsp3) is 0.444. The molecule has 15 heavy (non-hydrogen) atoms. The SMILES string of the molecule is CC(CCN)Nc1ccc(C(N)=O)nn1. The fourth-order valence-electron chi connectivity index (χ4n) is 1.12. The van der Waals surface area contributed by atoms with Gasteiger partial charge in [0.05, 0.1) is 0 Å². The molecular formula is C9H15N5O.